The predicted octanol–water partition coefficient (Wildman–Crippen LogP) is 2.89. The molecule has 1 unspecified atom stereocenters. The minimum Gasteiger partial charge on any atom is -0.394 e. The van der Waals surface area contributed by atoms with Crippen molar-refractivity contribution in [1.82, 2.24) is 4.90 Å². The van der Waals surface area contributed by atoms with E-state index in [4.69, 9.17) is 0 Å². The molecule has 102 valence electrons. The maximum Gasteiger partial charge on any atom is 0.0616 e. The van der Waals surface area contributed by atoms with E-state index in [1.165, 1.54) is 24.8 Å². The molecule has 0 saturated carbocycles. The summed E-state index contributed by atoms with van der Waals surface area (Å²) in [7, 11) is 0. The first kappa shape index (κ1) is 15.5. The quantitative estimate of drug-likeness (QED) is 0.909. The Hall–Kier alpha value is -0.570. The van der Waals surface area contributed by atoms with E-state index in [2.05, 4.69) is 36.1 Å². The fourth-order valence-corrected chi connectivity index (χ4v) is 2.74. The molecule has 0 aromatic heterocycles. The van der Waals surface area contributed by atoms with Crippen LogP contribution in [0.3, 0.4) is 0 Å². The van der Waals surface area contributed by atoms with Gasteiger partial charge in [0.1, 0.15) is 0 Å². The molecule has 1 fully saturated rings. The van der Waals surface area contributed by atoms with Gasteiger partial charge in [-0.05, 0) is 44.8 Å². The highest BCUT2D eigenvalue weighted by atomic mass is 35.5. The van der Waals surface area contributed by atoms with Crippen LogP contribution in [-0.2, 0) is 6.42 Å². The largest absolute Gasteiger partial charge is 0.394 e. The number of nitrogens with zero attached hydrogens (tertiary/aromatic N) is 1. The van der Waals surface area contributed by atoms with E-state index in [-0.39, 0.29) is 24.6 Å². The first-order valence-electron chi connectivity index (χ1n) is 6.64. The molecule has 0 spiro atoms. The molecule has 1 aliphatic rings. The molecule has 2 rings (SSSR count). The lowest BCUT2D eigenvalue weighted by Crippen LogP contribution is -2.52. The van der Waals surface area contributed by atoms with Gasteiger partial charge in [0, 0.05) is 5.54 Å². The van der Waals surface area contributed by atoms with Gasteiger partial charge in [0.2, 0.25) is 0 Å². The highest BCUT2D eigenvalue weighted by Gasteiger charge is 2.32. The van der Waals surface area contributed by atoms with Crippen LogP contribution in [0.2, 0.25) is 0 Å². The van der Waals surface area contributed by atoms with E-state index >= 15 is 0 Å². The molecule has 0 aliphatic carbocycles. The summed E-state index contributed by atoms with van der Waals surface area (Å²) in [6.45, 7) is 4.68. The molecular weight excluding hydrogens is 246 g/mol. The zero-order valence-corrected chi connectivity index (χ0v) is 12.0. The van der Waals surface area contributed by atoms with Gasteiger partial charge in [-0.15, -0.1) is 12.4 Å². The normalized spacial score (nSPS) is 19.9. The van der Waals surface area contributed by atoms with Crippen LogP contribution in [0.25, 0.3) is 0 Å². The van der Waals surface area contributed by atoms with E-state index < -0.39 is 0 Å². The van der Waals surface area contributed by atoms with Gasteiger partial charge in [-0.25, -0.2) is 0 Å². The lowest BCUT2D eigenvalue weighted by molar-refractivity contribution is 0.0290. The molecule has 0 radical (unpaired) electrons. The Labute approximate surface area is 116 Å². The van der Waals surface area contributed by atoms with Crippen LogP contribution in [-0.4, -0.2) is 35.2 Å². The Balaban J connectivity index is 0.00000162. The predicted molar refractivity (Wildman–Crippen MR) is 78.3 cm³/mol. The molecule has 1 heterocycles. The summed E-state index contributed by atoms with van der Waals surface area (Å²) in [5.41, 5.74) is 1.22. The van der Waals surface area contributed by atoms with E-state index in [9.17, 15) is 5.11 Å². The van der Waals surface area contributed by atoms with E-state index in [1.807, 2.05) is 6.07 Å². The van der Waals surface area contributed by atoms with E-state index in [0.717, 1.165) is 19.5 Å². The topological polar surface area (TPSA) is 23.5 Å². The Kier molecular flexibility index (Phi) is 6.13. The lowest BCUT2D eigenvalue weighted by atomic mass is 9.90. The monoisotopic (exact) mass is 269 g/mol. The third-order valence-electron chi connectivity index (χ3n) is 3.89. The molecule has 3 heteroatoms. The molecule has 1 aromatic rings. The Morgan fingerprint density at radius 1 is 1.11 bits per heavy atom. The van der Waals surface area contributed by atoms with Crippen molar-refractivity contribution < 1.29 is 5.11 Å². The number of benzene rings is 1. The molecule has 1 saturated heterocycles. The van der Waals surface area contributed by atoms with E-state index in [0.29, 0.717) is 0 Å². The molecule has 1 N–H and O–H groups in total. The van der Waals surface area contributed by atoms with Crippen molar-refractivity contribution in [3.05, 3.63) is 35.9 Å². The number of piperidine rings is 1. The first-order valence-corrected chi connectivity index (χ1v) is 6.64. The highest BCUT2D eigenvalue weighted by Crippen LogP contribution is 2.24. The van der Waals surface area contributed by atoms with Crippen molar-refractivity contribution in [1.29, 1.82) is 0 Å². The second kappa shape index (κ2) is 7.13. The number of aliphatic hydroxyl groups excluding tert-OH is 1. The van der Waals surface area contributed by atoms with Gasteiger partial charge >= 0.3 is 0 Å². The summed E-state index contributed by atoms with van der Waals surface area (Å²) in [6, 6.07) is 10.5. The van der Waals surface area contributed by atoms with Gasteiger partial charge in [-0.3, -0.25) is 4.90 Å². The first-order chi connectivity index (χ1) is 8.24. The standard InChI is InChI=1S/C15H23NO.ClH/c1-15(13-17,16-10-6-3-7-11-16)12-14-8-4-2-5-9-14;/h2,4-5,8-9,17H,3,6-7,10-13H2,1H3;1H. The Morgan fingerprint density at radius 2 is 1.72 bits per heavy atom. The average molecular weight is 270 g/mol. The van der Waals surface area contributed by atoms with E-state index in [1.54, 1.807) is 0 Å². The number of rotatable bonds is 4. The molecule has 0 amide bonds. The summed E-state index contributed by atoms with van der Waals surface area (Å²) in [5.74, 6) is 0. The summed E-state index contributed by atoms with van der Waals surface area (Å²) in [6.07, 6.45) is 4.81. The molecule has 1 aromatic carbocycles. The van der Waals surface area contributed by atoms with Crippen LogP contribution in [0, 0.1) is 0 Å². The summed E-state index contributed by atoms with van der Waals surface area (Å²) in [4.78, 5) is 2.46. The van der Waals surface area contributed by atoms with Crippen LogP contribution < -0.4 is 0 Å². The second-order valence-electron chi connectivity index (χ2n) is 5.37. The van der Waals surface area contributed by atoms with Crippen LogP contribution in [0.5, 0.6) is 0 Å². The van der Waals surface area contributed by atoms with Crippen molar-refractivity contribution in [2.75, 3.05) is 19.7 Å². The average Bonchev–Trinajstić information content (AvgIpc) is 2.41. The van der Waals surface area contributed by atoms with Crippen molar-refractivity contribution in [2.24, 2.45) is 0 Å². The van der Waals surface area contributed by atoms with Gasteiger partial charge < -0.3 is 5.11 Å². The van der Waals surface area contributed by atoms with Crippen molar-refractivity contribution >= 4 is 12.4 Å². The Morgan fingerprint density at radius 3 is 2.28 bits per heavy atom. The smallest absolute Gasteiger partial charge is 0.0616 e. The highest BCUT2D eigenvalue weighted by molar-refractivity contribution is 5.85. The Bertz CT molecular complexity index is 338. The SMILES string of the molecule is CC(CO)(Cc1ccccc1)N1CCCCC1.Cl. The number of hydrogen-bond donors (Lipinski definition) is 1. The second-order valence-corrected chi connectivity index (χ2v) is 5.37. The van der Waals surface area contributed by atoms with Crippen LogP contribution in [0.15, 0.2) is 30.3 Å². The van der Waals surface area contributed by atoms with Gasteiger partial charge in [0.05, 0.1) is 6.61 Å². The molecular formula is C15H24ClNO. The minimum absolute atomic E-state index is 0. The van der Waals surface area contributed by atoms with Crippen LogP contribution in [0.4, 0.5) is 0 Å². The maximum absolute atomic E-state index is 9.76. The zero-order chi connectivity index (χ0) is 12.1. The van der Waals surface area contributed by atoms with Gasteiger partial charge in [-0.1, -0.05) is 36.8 Å². The van der Waals surface area contributed by atoms with Gasteiger partial charge in [0.15, 0.2) is 0 Å². The number of likely N-dealkylation sites (tertiary alicyclic amines) is 1. The fraction of sp³-hybridized carbons (Fsp3) is 0.600. The fourth-order valence-electron chi connectivity index (χ4n) is 2.74. The summed E-state index contributed by atoms with van der Waals surface area (Å²) < 4.78 is 0. The van der Waals surface area contributed by atoms with Crippen LogP contribution in [0.1, 0.15) is 31.7 Å². The third-order valence-corrected chi connectivity index (χ3v) is 3.89. The van der Waals surface area contributed by atoms with Crippen molar-refractivity contribution in [3.63, 3.8) is 0 Å². The van der Waals surface area contributed by atoms with Crippen LogP contribution >= 0.6 is 12.4 Å². The van der Waals surface area contributed by atoms with Crippen molar-refractivity contribution in [3.8, 4) is 0 Å². The molecule has 2 nitrogen and oxygen atoms in total. The van der Waals surface area contributed by atoms with Gasteiger partial charge in [0.25, 0.3) is 0 Å². The minimum atomic E-state index is -0.0955. The number of hydrogen-bond acceptors (Lipinski definition) is 2. The van der Waals surface area contributed by atoms with Gasteiger partial charge in [-0.2, -0.15) is 0 Å². The lowest BCUT2D eigenvalue weighted by Gasteiger charge is -2.42. The zero-order valence-electron chi connectivity index (χ0n) is 11.1. The summed E-state index contributed by atoms with van der Waals surface area (Å²) in [5, 5.41) is 9.76. The third kappa shape index (κ3) is 3.71. The molecule has 18 heavy (non-hydrogen) atoms. The van der Waals surface area contributed by atoms with Crippen molar-refractivity contribution in [2.45, 2.75) is 38.1 Å². The molecule has 0 bridgehead atoms. The summed E-state index contributed by atoms with van der Waals surface area (Å²) >= 11 is 0. The molecule has 1 aliphatic heterocycles. The maximum atomic E-state index is 9.76. The number of halogens is 1. The number of aliphatic hydroxyl groups is 1. The molecule has 1 atom stereocenters.